The van der Waals surface area contributed by atoms with Gasteiger partial charge in [0.2, 0.25) is 0 Å². The molecule has 128 valence electrons. The van der Waals surface area contributed by atoms with Crippen LogP contribution in [0.15, 0.2) is 18.2 Å². The summed E-state index contributed by atoms with van der Waals surface area (Å²) < 4.78 is 10.9. The van der Waals surface area contributed by atoms with Gasteiger partial charge in [-0.15, -0.1) is 0 Å². The zero-order valence-electron chi connectivity index (χ0n) is 14.2. The van der Waals surface area contributed by atoms with Gasteiger partial charge in [-0.1, -0.05) is 12.8 Å². The number of hydrogen-bond donors (Lipinski definition) is 0. The van der Waals surface area contributed by atoms with Crippen molar-refractivity contribution in [3.05, 3.63) is 23.8 Å². The minimum Gasteiger partial charge on any atom is -0.493 e. The predicted molar refractivity (Wildman–Crippen MR) is 89.9 cm³/mol. The van der Waals surface area contributed by atoms with Gasteiger partial charge in [-0.2, -0.15) is 5.26 Å². The van der Waals surface area contributed by atoms with E-state index in [4.69, 9.17) is 14.7 Å². The quantitative estimate of drug-likeness (QED) is 0.852. The van der Waals surface area contributed by atoms with Crippen molar-refractivity contribution in [1.82, 2.24) is 4.90 Å². The van der Waals surface area contributed by atoms with Gasteiger partial charge in [-0.3, -0.25) is 4.79 Å². The Morgan fingerprint density at radius 3 is 2.83 bits per heavy atom. The molecule has 1 amide bonds. The number of ether oxygens (including phenoxy) is 2. The summed E-state index contributed by atoms with van der Waals surface area (Å²) in [6.45, 7) is 0.860. The Morgan fingerprint density at radius 2 is 2.04 bits per heavy atom. The number of benzene rings is 1. The van der Waals surface area contributed by atoms with Gasteiger partial charge < -0.3 is 14.4 Å². The van der Waals surface area contributed by atoms with Crippen LogP contribution in [0.25, 0.3) is 0 Å². The summed E-state index contributed by atoms with van der Waals surface area (Å²) in [6, 6.07) is 7.44. The van der Waals surface area contributed by atoms with Crippen LogP contribution in [0.3, 0.4) is 0 Å². The van der Waals surface area contributed by atoms with Crippen molar-refractivity contribution in [2.45, 2.75) is 44.6 Å². The molecule has 0 radical (unpaired) electrons. The third-order valence-electron chi connectivity index (χ3n) is 5.21. The fraction of sp³-hybridized carbons (Fsp3) is 0.579. The van der Waals surface area contributed by atoms with Crippen molar-refractivity contribution in [2.24, 2.45) is 5.92 Å². The number of nitrogens with zero attached hydrogens (tertiary/aromatic N) is 2. The van der Waals surface area contributed by atoms with E-state index in [-0.39, 0.29) is 12.5 Å². The van der Waals surface area contributed by atoms with E-state index in [1.165, 1.54) is 32.8 Å². The lowest BCUT2D eigenvalue weighted by Crippen LogP contribution is -2.51. The molecule has 2 aliphatic rings. The normalized spacial score (nSPS) is 23.1. The summed E-state index contributed by atoms with van der Waals surface area (Å²) in [5, 5.41) is 8.94. The Morgan fingerprint density at radius 1 is 1.25 bits per heavy atom. The minimum absolute atomic E-state index is 0.0193. The Hall–Kier alpha value is -2.22. The van der Waals surface area contributed by atoms with E-state index in [9.17, 15) is 4.79 Å². The molecule has 1 saturated heterocycles. The first-order chi connectivity index (χ1) is 11.7. The van der Waals surface area contributed by atoms with Gasteiger partial charge in [0, 0.05) is 18.7 Å². The van der Waals surface area contributed by atoms with E-state index in [0.717, 1.165) is 19.4 Å². The van der Waals surface area contributed by atoms with E-state index in [1.54, 1.807) is 18.2 Å². The molecule has 5 nitrogen and oxygen atoms in total. The zero-order valence-corrected chi connectivity index (χ0v) is 14.2. The lowest BCUT2D eigenvalue weighted by Gasteiger charge is -2.44. The molecule has 0 unspecified atom stereocenters. The fourth-order valence-electron chi connectivity index (χ4n) is 4.01. The summed E-state index contributed by atoms with van der Waals surface area (Å²) in [5.74, 6) is 1.71. The summed E-state index contributed by atoms with van der Waals surface area (Å²) in [5.41, 5.74) is 0.506. The Bertz CT molecular complexity index is 636. The lowest BCUT2D eigenvalue weighted by molar-refractivity contribution is -0.139. The van der Waals surface area contributed by atoms with Crippen LogP contribution >= 0.6 is 0 Å². The molecule has 1 saturated carbocycles. The molecule has 0 N–H and O–H groups in total. The van der Waals surface area contributed by atoms with Gasteiger partial charge in [0.05, 0.1) is 18.7 Å². The number of fused-ring (bicyclic) bond motifs is 1. The van der Waals surface area contributed by atoms with Crippen molar-refractivity contribution >= 4 is 5.91 Å². The predicted octanol–water partition coefficient (Wildman–Crippen LogP) is 3.13. The molecule has 3 rings (SSSR count). The Labute approximate surface area is 143 Å². The first kappa shape index (κ1) is 16.6. The van der Waals surface area contributed by atoms with Gasteiger partial charge in [-0.05, 0) is 43.7 Å². The molecular weight excluding hydrogens is 304 g/mol. The highest BCUT2D eigenvalue weighted by molar-refractivity contribution is 5.78. The van der Waals surface area contributed by atoms with E-state index in [2.05, 4.69) is 6.07 Å². The van der Waals surface area contributed by atoms with Crippen molar-refractivity contribution in [1.29, 1.82) is 5.26 Å². The van der Waals surface area contributed by atoms with Crippen LogP contribution in [0.4, 0.5) is 0 Å². The largest absolute Gasteiger partial charge is 0.493 e. The number of carbonyl (C=O) groups is 1. The van der Waals surface area contributed by atoms with Crippen LogP contribution in [0.2, 0.25) is 0 Å². The highest BCUT2D eigenvalue weighted by Gasteiger charge is 2.35. The molecule has 1 aliphatic carbocycles. The van der Waals surface area contributed by atoms with Crippen molar-refractivity contribution in [3.63, 3.8) is 0 Å². The molecule has 2 fully saturated rings. The average Bonchev–Trinajstić information content (AvgIpc) is 2.65. The second kappa shape index (κ2) is 7.57. The van der Waals surface area contributed by atoms with Crippen LogP contribution in [-0.2, 0) is 4.79 Å². The monoisotopic (exact) mass is 328 g/mol. The number of amides is 1. The van der Waals surface area contributed by atoms with Crippen LogP contribution in [0, 0.1) is 17.2 Å². The van der Waals surface area contributed by atoms with Gasteiger partial charge in [0.1, 0.15) is 0 Å². The third-order valence-corrected chi connectivity index (χ3v) is 5.21. The maximum absolute atomic E-state index is 12.7. The SMILES string of the molecule is COc1cc(C#N)ccc1OCC(=O)N1CCC[C@@H]2CCCC[C@H]21. The lowest BCUT2D eigenvalue weighted by atomic mass is 9.78. The smallest absolute Gasteiger partial charge is 0.260 e. The highest BCUT2D eigenvalue weighted by Crippen LogP contribution is 2.35. The molecule has 1 aromatic rings. The third kappa shape index (κ3) is 3.48. The van der Waals surface area contributed by atoms with Crippen LogP contribution in [0.1, 0.15) is 44.1 Å². The number of methoxy groups -OCH3 is 1. The molecule has 1 heterocycles. The number of rotatable bonds is 4. The van der Waals surface area contributed by atoms with Gasteiger partial charge >= 0.3 is 0 Å². The maximum atomic E-state index is 12.7. The van der Waals surface area contributed by atoms with Gasteiger partial charge in [0.15, 0.2) is 18.1 Å². The van der Waals surface area contributed by atoms with Crippen LogP contribution < -0.4 is 9.47 Å². The molecule has 1 aliphatic heterocycles. The van der Waals surface area contributed by atoms with Crippen LogP contribution in [-0.4, -0.2) is 37.1 Å². The van der Waals surface area contributed by atoms with Crippen molar-refractivity contribution < 1.29 is 14.3 Å². The topological polar surface area (TPSA) is 62.6 Å². The van der Waals surface area contributed by atoms with E-state index < -0.39 is 0 Å². The molecular formula is C19H24N2O3. The van der Waals surface area contributed by atoms with E-state index in [1.807, 2.05) is 4.90 Å². The van der Waals surface area contributed by atoms with Crippen molar-refractivity contribution in [2.75, 3.05) is 20.3 Å². The second-order valence-electron chi connectivity index (χ2n) is 6.61. The first-order valence-electron chi connectivity index (χ1n) is 8.73. The summed E-state index contributed by atoms with van der Waals surface area (Å²) >= 11 is 0. The Kier molecular flexibility index (Phi) is 5.24. The van der Waals surface area contributed by atoms with Gasteiger partial charge in [0.25, 0.3) is 5.91 Å². The summed E-state index contributed by atoms with van der Waals surface area (Å²) in [6.07, 6.45) is 7.22. The molecule has 5 heteroatoms. The summed E-state index contributed by atoms with van der Waals surface area (Å²) in [7, 11) is 1.53. The molecule has 2 atom stereocenters. The highest BCUT2D eigenvalue weighted by atomic mass is 16.5. The average molecular weight is 328 g/mol. The first-order valence-corrected chi connectivity index (χ1v) is 8.73. The number of nitriles is 1. The standard InChI is InChI=1S/C19H24N2O3/c1-23-18-11-14(12-20)8-9-17(18)24-13-19(22)21-10-4-6-15-5-2-3-7-16(15)21/h8-9,11,15-16H,2-7,10,13H2,1H3/t15-,16+/m0/s1. The van der Waals surface area contributed by atoms with E-state index >= 15 is 0 Å². The molecule has 0 aromatic heterocycles. The second-order valence-corrected chi connectivity index (χ2v) is 6.61. The molecule has 0 spiro atoms. The van der Waals surface area contributed by atoms with Gasteiger partial charge in [-0.25, -0.2) is 0 Å². The zero-order chi connectivity index (χ0) is 16.9. The number of likely N-dealkylation sites (tertiary alicyclic amines) is 1. The summed E-state index contributed by atoms with van der Waals surface area (Å²) in [4.78, 5) is 14.7. The Balaban J connectivity index is 1.64. The number of hydrogen-bond acceptors (Lipinski definition) is 4. The van der Waals surface area contributed by atoms with E-state index in [0.29, 0.717) is 29.0 Å². The molecule has 0 bridgehead atoms. The maximum Gasteiger partial charge on any atom is 0.260 e. The fourth-order valence-corrected chi connectivity index (χ4v) is 4.01. The minimum atomic E-state index is 0.0193. The number of piperidine rings is 1. The van der Waals surface area contributed by atoms with Crippen LogP contribution in [0.5, 0.6) is 11.5 Å². The molecule has 1 aromatic carbocycles. The number of carbonyl (C=O) groups excluding carboxylic acids is 1. The van der Waals surface area contributed by atoms with Crippen molar-refractivity contribution in [3.8, 4) is 17.6 Å². The molecule has 24 heavy (non-hydrogen) atoms.